The minimum absolute atomic E-state index is 0.00398. The fourth-order valence-corrected chi connectivity index (χ4v) is 2.47. The van der Waals surface area contributed by atoms with E-state index in [0.717, 1.165) is 11.4 Å². The van der Waals surface area contributed by atoms with E-state index >= 15 is 0 Å². The number of rotatable bonds is 1. The Morgan fingerprint density at radius 3 is 2.59 bits per heavy atom. The van der Waals surface area contributed by atoms with Crippen LogP contribution >= 0.6 is 0 Å². The Bertz CT molecular complexity index is 466. The van der Waals surface area contributed by atoms with Crippen molar-refractivity contribution in [2.45, 2.75) is 39.3 Å². The first-order chi connectivity index (χ1) is 7.84. The molecule has 92 valence electrons. The lowest BCUT2D eigenvalue weighted by Crippen LogP contribution is -2.58. The number of benzene rings is 1. The second-order valence-electron chi connectivity index (χ2n) is 5.25. The lowest BCUT2D eigenvalue weighted by Gasteiger charge is -2.46. The third kappa shape index (κ3) is 1.73. The van der Waals surface area contributed by atoms with Crippen molar-refractivity contribution in [3.63, 3.8) is 0 Å². The van der Waals surface area contributed by atoms with Gasteiger partial charge in [0.25, 0.3) is 0 Å². The molecule has 0 aromatic heterocycles. The van der Waals surface area contributed by atoms with Crippen molar-refractivity contribution in [3.05, 3.63) is 18.2 Å². The van der Waals surface area contributed by atoms with E-state index in [4.69, 9.17) is 5.73 Å². The van der Waals surface area contributed by atoms with Crippen LogP contribution in [0.1, 0.15) is 27.7 Å². The summed E-state index contributed by atoms with van der Waals surface area (Å²) in [6, 6.07) is 5.88. The third-order valence-corrected chi connectivity index (χ3v) is 3.20. The van der Waals surface area contributed by atoms with E-state index in [-0.39, 0.29) is 11.9 Å². The molecule has 4 nitrogen and oxygen atoms in total. The highest BCUT2D eigenvalue weighted by Crippen LogP contribution is 2.39. The van der Waals surface area contributed by atoms with Crippen LogP contribution in [-0.4, -0.2) is 17.5 Å². The average molecular weight is 233 g/mol. The first-order valence-electron chi connectivity index (χ1n) is 5.84. The summed E-state index contributed by atoms with van der Waals surface area (Å²) >= 11 is 0. The third-order valence-electron chi connectivity index (χ3n) is 3.20. The predicted octanol–water partition coefficient (Wildman–Crippen LogP) is 2.21. The number of anilines is 3. The quantitative estimate of drug-likeness (QED) is 0.731. The summed E-state index contributed by atoms with van der Waals surface area (Å²) in [6.07, 6.45) is 0. The molecule has 1 aromatic carbocycles. The van der Waals surface area contributed by atoms with E-state index in [0.29, 0.717) is 5.69 Å². The molecule has 0 aliphatic carbocycles. The smallest absolute Gasteiger partial charge is 0.249 e. The summed E-state index contributed by atoms with van der Waals surface area (Å²) in [6.45, 7) is 8.03. The number of nitrogens with zero attached hydrogens (tertiary/aromatic N) is 1. The van der Waals surface area contributed by atoms with Crippen molar-refractivity contribution in [2.24, 2.45) is 0 Å². The van der Waals surface area contributed by atoms with Crippen LogP contribution in [0, 0.1) is 0 Å². The largest absolute Gasteiger partial charge is 0.399 e. The number of nitrogens with two attached hydrogens (primary N) is 1. The minimum atomic E-state index is -0.544. The molecule has 0 fully saturated rings. The van der Waals surface area contributed by atoms with Crippen molar-refractivity contribution >= 4 is 23.0 Å². The van der Waals surface area contributed by atoms with Crippen LogP contribution in [0.2, 0.25) is 0 Å². The fourth-order valence-electron chi connectivity index (χ4n) is 2.47. The number of hydrogen-bond acceptors (Lipinski definition) is 3. The predicted molar refractivity (Wildman–Crippen MR) is 71.2 cm³/mol. The van der Waals surface area contributed by atoms with Crippen LogP contribution in [0.5, 0.6) is 0 Å². The molecule has 1 aromatic rings. The van der Waals surface area contributed by atoms with E-state index in [1.54, 1.807) is 6.07 Å². The summed E-state index contributed by atoms with van der Waals surface area (Å²) in [5, 5.41) is 2.92. The first kappa shape index (κ1) is 11.8. The number of fused-ring (bicyclic) bond motifs is 1. The maximum absolute atomic E-state index is 12.1. The topological polar surface area (TPSA) is 58.4 Å². The summed E-state index contributed by atoms with van der Waals surface area (Å²) in [5.74, 6) is 0.00398. The Morgan fingerprint density at radius 1 is 1.35 bits per heavy atom. The SMILES string of the molecule is CC(C)N1c2ccc(N)cc2NC(=O)C1(C)C. The van der Waals surface area contributed by atoms with Gasteiger partial charge in [0.1, 0.15) is 5.54 Å². The van der Waals surface area contributed by atoms with Crippen molar-refractivity contribution < 1.29 is 4.79 Å². The van der Waals surface area contributed by atoms with Gasteiger partial charge < -0.3 is 16.0 Å². The van der Waals surface area contributed by atoms with Gasteiger partial charge in [-0.15, -0.1) is 0 Å². The van der Waals surface area contributed by atoms with Crippen LogP contribution in [-0.2, 0) is 4.79 Å². The second kappa shape index (κ2) is 3.65. The molecule has 0 spiro atoms. The Kier molecular flexibility index (Phi) is 2.53. The van der Waals surface area contributed by atoms with Crippen molar-refractivity contribution in [1.82, 2.24) is 0 Å². The van der Waals surface area contributed by atoms with Crippen LogP contribution in [0.25, 0.3) is 0 Å². The number of amides is 1. The van der Waals surface area contributed by atoms with Crippen molar-refractivity contribution in [2.75, 3.05) is 16.0 Å². The Labute approximate surface area is 102 Å². The van der Waals surface area contributed by atoms with E-state index in [9.17, 15) is 4.79 Å². The highest BCUT2D eigenvalue weighted by atomic mass is 16.2. The Balaban J connectivity index is 2.60. The summed E-state index contributed by atoms with van der Waals surface area (Å²) in [5.41, 5.74) is 7.68. The molecule has 1 amide bonds. The van der Waals surface area contributed by atoms with Gasteiger partial charge in [0.15, 0.2) is 0 Å². The molecule has 0 radical (unpaired) electrons. The molecule has 4 heteroatoms. The number of nitrogen functional groups attached to an aromatic ring is 1. The highest BCUT2D eigenvalue weighted by Gasteiger charge is 2.41. The van der Waals surface area contributed by atoms with Gasteiger partial charge in [0.05, 0.1) is 11.4 Å². The monoisotopic (exact) mass is 233 g/mol. The fraction of sp³-hybridized carbons (Fsp3) is 0.462. The van der Waals surface area contributed by atoms with E-state index in [1.165, 1.54) is 0 Å². The van der Waals surface area contributed by atoms with E-state index in [2.05, 4.69) is 24.1 Å². The number of nitrogens with one attached hydrogen (secondary N) is 1. The molecule has 2 rings (SSSR count). The molecular weight excluding hydrogens is 214 g/mol. The molecule has 0 bridgehead atoms. The molecule has 17 heavy (non-hydrogen) atoms. The molecular formula is C13H19N3O. The molecule has 1 aliphatic rings. The van der Waals surface area contributed by atoms with Gasteiger partial charge >= 0.3 is 0 Å². The van der Waals surface area contributed by atoms with E-state index in [1.807, 2.05) is 26.0 Å². The van der Waals surface area contributed by atoms with Crippen LogP contribution in [0.4, 0.5) is 17.1 Å². The zero-order valence-electron chi connectivity index (χ0n) is 10.7. The van der Waals surface area contributed by atoms with E-state index < -0.39 is 5.54 Å². The Morgan fingerprint density at radius 2 is 2.00 bits per heavy atom. The molecule has 0 saturated carbocycles. The van der Waals surface area contributed by atoms with Gasteiger partial charge in [0, 0.05) is 11.7 Å². The highest BCUT2D eigenvalue weighted by molar-refractivity contribution is 6.06. The second-order valence-corrected chi connectivity index (χ2v) is 5.25. The summed E-state index contributed by atoms with van der Waals surface area (Å²) in [4.78, 5) is 14.2. The maximum atomic E-state index is 12.1. The Hall–Kier alpha value is -1.71. The van der Waals surface area contributed by atoms with Gasteiger partial charge in [-0.1, -0.05) is 0 Å². The van der Waals surface area contributed by atoms with Gasteiger partial charge in [-0.25, -0.2) is 0 Å². The zero-order valence-corrected chi connectivity index (χ0v) is 10.7. The van der Waals surface area contributed by atoms with Crippen molar-refractivity contribution in [3.8, 4) is 0 Å². The van der Waals surface area contributed by atoms with Gasteiger partial charge in [-0.2, -0.15) is 0 Å². The van der Waals surface area contributed by atoms with Crippen LogP contribution in [0.15, 0.2) is 18.2 Å². The average Bonchev–Trinajstić information content (AvgIpc) is 2.19. The zero-order chi connectivity index (χ0) is 12.8. The molecule has 0 unspecified atom stereocenters. The molecule has 1 aliphatic heterocycles. The lowest BCUT2D eigenvalue weighted by atomic mass is 9.94. The minimum Gasteiger partial charge on any atom is -0.399 e. The van der Waals surface area contributed by atoms with Crippen LogP contribution in [0.3, 0.4) is 0 Å². The summed E-state index contributed by atoms with van der Waals surface area (Å²) in [7, 11) is 0. The van der Waals surface area contributed by atoms with Gasteiger partial charge in [-0.05, 0) is 45.9 Å². The number of carbonyl (C=O) groups is 1. The van der Waals surface area contributed by atoms with Crippen molar-refractivity contribution in [1.29, 1.82) is 0 Å². The number of carbonyl (C=O) groups excluding carboxylic acids is 1. The maximum Gasteiger partial charge on any atom is 0.249 e. The lowest BCUT2D eigenvalue weighted by molar-refractivity contribution is -0.120. The molecule has 3 N–H and O–H groups in total. The summed E-state index contributed by atoms with van der Waals surface area (Å²) < 4.78 is 0. The first-order valence-corrected chi connectivity index (χ1v) is 5.84. The number of hydrogen-bond donors (Lipinski definition) is 2. The van der Waals surface area contributed by atoms with Gasteiger partial charge in [0.2, 0.25) is 5.91 Å². The van der Waals surface area contributed by atoms with Gasteiger partial charge in [-0.3, -0.25) is 4.79 Å². The standard InChI is InChI=1S/C13H19N3O/c1-8(2)16-11-6-5-9(14)7-10(11)15-12(17)13(16,3)4/h5-8H,14H2,1-4H3,(H,15,17). The molecule has 0 atom stereocenters. The molecule has 1 heterocycles. The molecule has 0 saturated heterocycles. The van der Waals surface area contributed by atoms with Crippen LogP contribution < -0.4 is 16.0 Å². The normalized spacial score (nSPS) is 17.9.